The number of hydrogen-bond donors (Lipinski definition) is 3. The summed E-state index contributed by atoms with van der Waals surface area (Å²) < 4.78 is 28.0. The van der Waals surface area contributed by atoms with Gasteiger partial charge in [-0.1, -0.05) is 48.1 Å². The highest BCUT2D eigenvalue weighted by Crippen LogP contribution is 2.55. The third kappa shape index (κ3) is 10.2. The molecule has 0 radical (unpaired) electrons. The summed E-state index contributed by atoms with van der Waals surface area (Å²) in [6.45, 7) is 31.3. The van der Waals surface area contributed by atoms with Gasteiger partial charge in [0.25, 0.3) is 0 Å². The van der Waals surface area contributed by atoms with Crippen LogP contribution in [0.15, 0.2) is 12.3 Å². The predicted octanol–water partition coefficient (Wildman–Crippen LogP) is 6.81. The molecule has 0 aromatic carbocycles. The first kappa shape index (κ1) is 42.0. The Morgan fingerprint density at radius 3 is 1.83 bits per heavy atom. The van der Waals surface area contributed by atoms with Gasteiger partial charge in [-0.2, -0.15) is 0 Å². The summed E-state index contributed by atoms with van der Waals surface area (Å²) in [5, 5.41) is 14.4. The van der Waals surface area contributed by atoms with Crippen molar-refractivity contribution in [3.05, 3.63) is 12.3 Å². The van der Waals surface area contributed by atoms with E-state index < -0.39 is 68.8 Å². The number of rotatable bonds is 16. The van der Waals surface area contributed by atoms with Crippen LogP contribution in [0.3, 0.4) is 0 Å². The Kier molecular flexibility index (Phi) is 12.7. The summed E-state index contributed by atoms with van der Waals surface area (Å²) in [6.07, 6.45) is -1.91. The number of aliphatic hydroxyl groups excluding tert-OH is 1. The predicted molar refractivity (Wildman–Crippen MR) is 178 cm³/mol. The smallest absolute Gasteiger partial charge is 0.409 e. The van der Waals surface area contributed by atoms with Crippen molar-refractivity contribution in [1.29, 1.82) is 0 Å². The lowest BCUT2D eigenvalue weighted by Crippen LogP contribution is -2.54. The average molecular weight is 671 g/mol. The molecule has 0 aliphatic heterocycles. The van der Waals surface area contributed by atoms with Crippen molar-refractivity contribution in [1.82, 2.24) is 10.6 Å². The Hall–Kier alpha value is -3.02. The molecular formula is C35H62N2O10. The van der Waals surface area contributed by atoms with E-state index in [9.17, 15) is 24.3 Å². The minimum absolute atomic E-state index is 0.148. The molecule has 2 amide bonds. The molecule has 1 aliphatic carbocycles. The molecule has 3 atom stereocenters. The van der Waals surface area contributed by atoms with E-state index in [1.807, 2.05) is 69.2 Å². The molecule has 0 saturated heterocycles. The summed E-state index contributed by atoms with van der Waals surface area (Å²) in [5.41, 5.74) is -5.78. The number of amides is 2. The lowest BCUT2D eigenvalue weighted by Gasteiger charge is -2.53. The largest absolute Gasteiger partial charge is 0.510 e. The molecule has 0 aromatic heterocycles. The molecule has 272 valence electrons. The van der Waals surface area contributed by atoms with Gasteiger partial charge in [0.15, 0.2) is 6.10 Å². The van der Waals surface area contributed by atoms with Crippen molar-refractivity contribution in [2.75, 3.05) is 13.8 Å². The molecule has 0 aromatic rings. The second-order valence-corrected chi connectivity index (χ2v) is 16.7. The number of nitrogens with one attached hydrogen (secondary N) is 2. The van der Waals surface area contributed by atoms with Crippen LogP contribution in [0.1, 0.15) is 117 Å². The molecule has 1 saturated carbocycles. The van der Waals surface area contributed by atoms with Gasteiger partial charge in [0.2, 0.25) is 0 Å². The normalized spacial score (nSPS) is 19.7. The van der Waals surface area contributed by atoms with Gasteiger partial charge >= 0.3 is 24.1 Å². The van der Waals surface area contributed by atoms with Crippen LogP contribution in [0.5, 0.6) is 0 Å². The van der Waals surface area contributed by atoms with Crippen LogP contribution < -0.4 is 10.6 Å². The molecule has 0 heterocycles. The molecule has 1 aliphatic rings. The van der Waals surface area contributed by atoms with E-state index in [2.05, 4.69) is 31.1 Å². The first-order chi connectivity index (χ1) is 20.9. The highest BCUT2D eigenvalue weighted by molar-refractivity contribution is 5.80. The Morgan fingerprint density at radius 1 is 0.851 bits per heavy atom. The minimum Gasteiger partial charge on any atom is -0.510 e. The molecule has 1 fully saturated rings. The lowest BCUT2D eigenvalue weighted by molar-refractivity contribution is -0.190. The van der Waals surface area contributed by atoms with E-state index >= 15 is 0 Å². The summed E-state index contributed by atoms with van der Waals surface area (Å²) in [5.74, 6) is -1.60. The van der Waals surface area contributed by atoms with Gasteiger partial charge in [-0.25, -0.2) is 9.59 Å². The molecule has 2 unspecified atom stereocenters. The van der Waals surface area contributed by atoms with Crippen LogP contribution in [-0.2, 0) is 33.3 Å². The van der Waals surface area contributed by atoms with Crippen molar-refractivity contribution in [3.63, 3.8) is 0 Å². The third-order valence-electron chi connectivity index (χ3n) is 10.5. The average Bonchev–Trinajstić information content (AvgIpc) is 3.52. The molecule has 47 heavy (non-hydrogen) atoms. The highest BCUT2D eigenvalue weighted by atomic mass is 16.6. The zero-order chi connectivity index (χ0) is 37.2. The Morgan fingerprint density at radius 2 is 1.36 bits per heavy atom. The fourth-order valence-electron chi connectivity index (χ4n) is 5.54. The van der Waals surface area contributed by atoms with Crippen molar-refractivity contribution in [3.8, 4) is 0 Å². The number of hydrogen-bond acceptors (Lipinski definition) is 10. The van der Waals surface area contributed by atoms with Gasteiger partial charge in [-0.05, 0) is 80.1 Å². The standard InChI is InChI=1S/C35H62N2O10/c1-21(2)31(8,9)45-26(40)29(4,5)19-30(6,7)33(12,13)34(14,15)44-25(39)23-18-35(23,16)47-28(42)37-20-36-27(41)46-32(10,11)24(43-17)22(3)38/h21,23-24,38H,3,18-20H2,1-2,4-17H3,(H,36,41)(H,37,42)/t23?,24?,35-/m0/s1. The van der Waals surface area contributed by atoms with Crippen LogP contribution in [0.25, 0.3) is 0 Å². The number of alkyl carbamates (subject to hydrolysis) is 2. The van der Waals surface area contributed by atoms with Crippen molar-refractivity contribution >= 4 is 24.1 Å². The van der Waals surface area contributed by atoms with Crippen LogP contribution in [0, 0.1) is 28.1 Å². The zero-order valence-electron chi connectivity index (χ0n) is 31.7. The quantitative estimate of drug-likeness (QED) is 0.0689. The number of carbonyl (C=O) groups is 4. The van der Waals surface area contributed by atoms with E-state index in [-0.39, 0.29) is 30.7 Å². The lowest BCUT2D eigenvalue weighted by atomic mass is 9.55. The maximum atomic E-state index is 13.4. The minimum atomic E-state index is -1.25. The monoisotopic (exact) mass is 670 g/mol. The zero-order valence-corrected chi connectivity index (χ0v) is 31.7. The van der Waals surface area contributed by atoms with Crippen LogP contribution in [0.2, 0.25) is 0 Å². The molecule has 3 N–H and O–H groups in total. The highest BCUT2D eigenvalue weighted by Gasteiger charge is 2.62. The number of aliphatic hydroxyl groups is 1. The van der Waals surface area contributed by atoms with Crippen molar-refractivity contribution in [2.45, 2.75) is 145 Å². The number of carbonyl (C=O) groups excluding carboxylic acids is 4. The van der Waals surface area contributed by atoms with E-state index in [4.69, 9.17) is 23.7 Å². The van der Waals surface area contributed by atoms with Gasteiger partial charge in [0.1, 0.15) is 34.1 Å². The molecule has 0 spiro atoms. The second-order valence-electron chi connectivity index (χ2n) is 16.7. The summed E-state index contributed by atoms with van der Waals surface area (Å²) >= 11 is 0. The Balaban J connectivity index is 2.79. The van der Waals surface area contributed by atoms with E-state index in [0.717, 1.165) is 0 Å². The van der Waals surface area contributed by atoms with Gasteiger partial charge in [-0.15, -0.1) is 0 Å². The van der Waals surface area contributed by atoms with E-state index in [1.54, 1.807) is 6.92 Å². The topological polar surface area (TPSA) is 159 Å². The number of methoxy groups -OCH3 is 1. The van der Waals surface area contributed by atoms with Crippen LogP contribution in [-0.4, -0.2) is 71.5 Å². The summed E-state index contributed by atoms with van der Waals surface area (Å²) in [6, 6.07) is 0. The molecule has 12 nitrogen and oxygen atoms in total. The second kappa shape index (κ2) is 14.2. The van der Waals surface area contributed by atoms with Gasteiger partial charge in [0.05, 0.1) is 12.1 Å². The summed E-state index contributed by atoms with van der Waals surface area (Å²) in [4.78, 5) is 51.3. The Bertz CT molecular complexity index is 1180. The molecular weight excluding hydrogens is 608 g/mol. The molecule has 1 rings (SSSR count). The maximum absolute atomic E-state index is 13.4. The molecule has 12 heteroatoms. The molecule has 0 bridgehead atoms. The van der Waals surface area contributed by atoms with Gasteiger partial charge in [-0.3, -0.25) is 9.59 Å². The van der Waals surface area contributed by atoms with Crippen LogP contribution in [0.4, 0.5) is 9.59 Å². The number of ether oxygens (including phenoxy) is 5. The first-order valence-electron chi connectivity index (χ1n) is 16.2. The number of esters is 2. The van der Waals surface area contributed by atoms with Gasteiger partial charge < -0.3 is 39.4 Å². The fourth-order valence-corrected chi connectivity index (χ4v) is 5.54. The third-order valence-corrected chi connectivity index (χ3v) is 10.5. The van der Waals surface area contributed by atoms with Crippen LogP contribution >= 0.6 is 0 Å². The SMILES string of the molecule is C=C(O)C(OC)C(C)(C)OC(=O)NCNC(=O)O[C@@]1(C)CC1C(=O)OC(C)(C)C(C)(C)C(C)(C)CC(C)(C)C(=O)OC(C)(C)C(C)C. The van der Waals surface area contributed by atoms with Crippen molar-refractivity contribution in [2.24, 2.45) is 28.1 Å². The van der Waals surface area contributed by atoms with Crippen molar-refractivity contribution < 1.29 is 48.0 Å². The van der Waals surface area contributed by atoms with E-state index in [1.165, 1.54) is 21.0 Å². The Labute approximate surface area is 282 Å². The fraction of sp³-hybridized carbons (Fsp3) is 0.829. The van der Waals surface area contributed by atoms with Gasteiger partial charge in [0, 0.05) is 18.9 Å². The van der Waals surface area contributed by atoms with E-state index in [0.29, 0.717) is 6.42 Å². The first-order valence-corrected chi connectivity index (χ1v) is 16.2. The summed E-state index contributed by atoms with van der Waals surface area (Å²) in [7, 11) is 1.34. The maximum Gasteiger partial charge on any atom is 0.409 e.